The minimum absolute atomic E-state index is 0.0223. The number of aromatic nitrogens is 2. The molecule has 1 heterocycles. The number of fused-ring (bicyclic) bond motifs is 1. The molecule has 0 aliphatic carbocycles. The number of hydrogen-bond acceptors (Lipinski definition) is 3. The lowest BCUT2D eigenvalue weighted by Gasteiger charge is -2.30. The summed E-state index contributed by atoms with van der Waals surface area (Å²) in [5.74, 6) is 0. The average molecular weight is 321 g/mol. The van der Waals surface area contributed by atoms with E-state index in [0.717, 1.165) is 12.1 Å². The minimum atomic E-state index is 0.0223. The summed E-state index contributed by atoms with van der Waals surface area (Å²) in [7, 11) is 0. The van der Waals surface area contributed by atoms with E-state index in [1.165, 1.54) is 11.3 Å². The van der Waals surface area contributed by atoms with Gasteiger partial charge in [0.1, 0.15) is 0 Å². The number of aryl methyl sites for hydroxylation is 1. The second-order valence-corrected chi connectivity index (χ2v) is 6.33. The smallest absolute Gasteiger partial charge is 0.261 e. The molecule has 4 heteroatoms. The highest BCUT2D eigenvalue weighted by molar-refractivity contribution is 5.76. The molecular formula is C20H23N3O. The normalized spacial score (nSPS) is 11.2. The van der Waals surface area contributed by atoms with Crippen LogP contribution in [0.25, 0.3) is 10.9 Å². The van der Waals surface area contributed by atoms with Gasteiger partial charge in [0, 0.05) is 24.8 Å². The van der Waals surface area contributed by atoms with Crippen LogP contribution in [0.15, 0.2) is 59.7 Å². The van der Waals surface area contributed by atoms with Crippen molar-refractivity contribution in [2.24, 2.45) is 0 Å². The Labute approximate surface area is 142 Å². The SMILES string of the molecule is Cc1ccccc1N(CCn1cnc2ccccc2c1=O)C(C)C. The number of para-hydroxylation sites is 2. The number of anilines is 1. The van der Waals surface area contributed by atoms with Crippen LogP contribution < -0.4 is 10.5 Å². The second kappa shape index (κ2) is 6.87. The van der Waals surface area contributed by atoms with Gasteiger partial charge in [0.25, 0.3) is 5.56 Å². The first-order valence-corrected chi connectivity index (χ1v) is 8.34. The van der Waals surface area contributed by atoms with Crippen LogP contribution in [0.2, 0.25) is 0 Å². The highest BCUT2D eigenvalue weighted by Crippen LogP contribution is 2.21. The van der Waals surface area contributed by atoms with Crippen molar-refractivity contribution < 1.29 is 0 Å². The fraction of sp³-hybridized carbons (Fsp3) is 0.300. The Morgan fingerprint density at radius 3 is 2.54 bits per heavy atom. The molecule has 0 saturated heterocycles. The van der Waals surface area contributed by atoms with Gasteiger partial charge in [0.05, 0.1) is 17.2 Å². The molecule has 0 unspecified atom stereocenters. The predicted octanol–water partition coefficient (Wildman–Crippen LogP) is 3.62. The maximum Gasteiger partial charge on any atom is 0.261 e. The lowest BCUT2D eigenvalue weighted by Crippen LogP contribution is -2.36. The molecule has 24 heavy (non-hydrogen) atoms. The molecule has 0 N–H and O–H groups in total. The molecule has 1 aromatic heterocycles. The van der Waals surface area contributed by atoms with Gasteiger partial charge in [-0.3, -0.25) is 9.36 Å². The molecule has 0 fully saturated rings. The van der Waals surface area contributed by atoms with Crippen LogP contribution in [0.3, 0.4) is 0 Å². The molecule has 0 radical (unpaired) electrons. The molecule has 0 aliphatic heterocycles. The molecule has 2 aromatic carbocycles. The molecular weight excluding hydrogens is 298 g/mol. The van der Waals surface area contributed by atoms with Crippen LogP contribution in [0.1, 0.15) is 19.4 Å². The maximum absolute atomic E-state index is 12.6. The molecule has 0 spiro atoms. The summed E-state index contributed by atoms with van der Waals surface area (Å²) in [6, 6.07) is 16.2. The molecule has 0 saturated carbocycles. The Morgan fingerprint density at radius 2 is 1.79 bits per heavy atom. The third kappa shape index (κ3) is 3.18. The van der Waals surface area contributed by atoms with Crippen molar-refractivity contribution in [2.75, 3.05) is 11.4 Å². The van der Waals surface area contributed by atoms with E-state index in [9.17, 15) is 4.79 Å². The lowest BCUT2D eigenvalue weighted by atomic mass is 10.1. The van der Waals surface area contributed by atoms with Crippen LogP contribution in [0.4, 0.5) is 5.69 Å². The molecule has 3 rings (SSSR count). The monoisotopic (exact) mass is 321 g/mol. The van der Waals surface area contributed by atoms with E-state index >= 15 is 0 Å². The number of nitrogens with zero attached hydrogens (tertiary/aromatic N) is 3. The topological polar surface area (TPSA) is 38.1 Å². The molecule has 3 aromatic rings. The van der Waals surface area contributed by atoms with Gasteiger partial charge < -0.3 is 4.90 Å². The van der Waals surface area contributed by atoms with Crippen LogP contribution in [0, 0.1) is 6.92 Å². The summed E-state index contributed by atoms with van der Waals surface area (Å²) in [6.07, 6.45) is 1.65. The van der Waals surface area contributed by atoms with Crippen molar-refractivity contribution in [3.05, 3.63) is 70.8 Å². The Hall–Kier alpha value is -2.62. The number of hydrogen-bond donors (Lipinski definition) is 0. The average Bonchev–Trinajstić information content (AvgIpc) is 2.58. The summed E-state index contributed by atoms with van der Waals surface area (Å²) < 4.78 is 1.70. The van der Waals surface area contributed by atoms with E-state index < -0.39 is 0 Å². The van der Waals surface area contributed by atoms with Gasteiger partial charge in [-0.2, -0.15) is 0 Å². The predicted molar refractivity (Wildman–Crippen MR) is 99.7 cm³/mol. The Kier molecular flexibility index (Phi) is 4.65. The van der Waals surface area contributed by atoms with Crippen molar-refractivity contribution in [2.45, 2.75) is 33.4 Å². The standard InChI is InChI=1S/C20H23N3O/c1-15(2)23(19-11-7-4-8-16(19)3)13-12-22-14-21-18-10-6-5-9-17(18)20(22)24/h4-11,14-15H,12-13H2,1-3H3. The molecule has 124 valence electrons. The van der Waals surface area contributed by atoms with E-state index in [1.807, 2.05) is 24.3 Å². The maximum atomic E-state index is 12.6. The molecule has 0 aliphatic rings. The zero-order valence-corrected chi connectivity index (χ0v) is 14.4. The lowest BCUT2D eigenvalue weighted by molar-refractivity contribution is 0.594. The van der Waals surface area contributed by atoms with Gasteiger partial charge in [-0.1, -0.05) is 30.3 Å². The summed E-state index contributed by atoms with van der Waals surface area (Å²) in [6.45, 7) is 7.85. The minimum Gasteiger partial charge on any atom is -0.367 e. The quantitative estimate of drug-likeness (QED) is 0.720. The van der Waals surface area contributed by atoms with Crippen LogP contribution in [-0.2, 0) is 6.54 Å². The summed E-state index contributed by atoms with van der Waals surface area (Å²) in [4.78, 5) is 19.3. The fourth-order valence-electron chi connectivity index (χ4n) is 3.02. The second-order valence-electron chi connectivity index (χ2n) is 6.33. The van der Waals surface area contributed by atoms with E-state index in [0.29, 0.717) is 18.0 Å². The largest absolute Gasteiger partial charge is 0.367 e. The third-order valence-electron chi connectivity index (χ3n) is 4.36. The van der Waals surface area contributed by atoms with Gasteiger partial charge in [-0.15, -0.1) is 0 Å². The van der Waals surface area contributed by atoms with Crippen LogP contribution in [-0.4, -0.2) is 22.1 Å². The van der Waals surface area contributed by atoms with E-state index in [1.54, 1.807) is 10.9 Å². The molecule has 0 amide bonds. The summed E-state index contributed by atoms with van der Waals surface area (Å²) in [5, 5.41) is 0.673. The van der Waals surface area contributed by atoms with Crippen molar-refractivity contribution in [3.63, 3.8) is 0 Å². The molecule has 0 bridgehead atoms. The fourth-order valence-corrected chi connectivity index (χ4v) is 3.02. The Balaban J connectivity index is 1.87. The zero-order chi connectivity index (χ0) is 17.1. The van der Waals surface area contributed by atoms with Gasteiger partial charge >= 0.3 is 0 Å². The first kappa shape index (κ1) is 16.2. The zero-order valence-electron chi connectivity index (χ0n) is 14.4. The van der Waals surface area contributed by atoms with Gasteiger partial charge in [0.2, 0.25) is 0 Å². The van der Waals surface area contributed by atoms with E-state index in [-0.39, 0.29) is 5.56 Å². The highest BCUT2D eigenvalue weighted by atomic mass is 16.1. The van der Waals surface area contributed by atoms with Gasteiger partial charge in [-0.05, 0) is 44.5 Å². The number of benzene rings is 2. The third-order valence-corrected chi connectivity index (χ3v) is 4.36. The summed E-state index contributed by atoms with van der Waals surface area (Å²) in [5.41, 5.74) is 3.23. The summed E-state index contributed by atoms with van der Waals surface area (Å²) >= 11 is 0. The van der Waals surface area contributed by atoms with E-state index in [2.05, 4.69) is 54.9 Å². The van der Waals surface area contributed by atoms with Gasteiger partial charge in [0.15, 0.2) is 0 Å². The number of rotatable bonds is 5. The molecule has 0 atom stereocenters. The van der Waals surface area contributed by atoms with Crippen molar-refractivity contribution in [3.8, 4) is 0 Å². The Bertz CT molecular complexity index is 899. The first-order valence-electron chi connectivity index (χ1n) is 8.34. The van der Waals surface area contributed by atoms with E-state index in [4.69, 9.17) is 0 Å². The van der Waals surface area contributed by atoms with Gasteiger partial charge in [-0.25, -0.2) is 4.98 Å². The van der Waals surface area contributed by atoms with Crippen molar-refractivity contribution in [1.29, 1.82) is 0 Å². The van der Waals surface area contributed by atoms with Crippen LogP contribution in [0.5, 0.6) is 0 Å². The van der Waals surface area contributed by atoms with Crippen molar-refractivity contribution >= 4 is 16.6 Å². The first-order chi connectivity index (χ1) is 11.6. The van der Waals surface area contributed by atoms with Crippen molar-refractivity contribution in [1.82, 2.24) is 9.55 Å². The Morgan fingerprint density at radius 1 is 1.08 bits per heavy atom. The highest BCUT2D eigenvalue weighted by Gasteiger charge is 2.13. The molecule has 4 nitrogen and oxygen atoms in total. The van der Waals surface area contributed by atoms with Crippen LogP contribution >= 0.6 is 0 Å².